The molecule has 0 bridgehead atoms. The summed E-state index contributed by atoms with van der Waals surface area (Å²) in [5.74, 6) is 0. The van der Waals surface area contributed by atoms with Crippen molar-refractivity contribution in [1.29, 1.82) is 0 Å². The van der Waals surface area contributed by atoms with Crippen molar-refractivity contribution in [2.75, 3.05) is 0 Å². The van der Waals surface area contributed by atoms with Gasteiger partial charge in [-0.05, 0) is 27.7 Å². The van der Waals surface area contributed by atoms with Crippen LogP contribution in [0.3, 0.4) is 0 Å². The van der Waals surface area contributed by atoms with Crippen LogP contribution >= 0.6 is 15.5 Å². The van der Waals surface area contributed by atoms with E-state index in [2.05, 4.69) is 0 Å². The highest BCUT2D eigenvalue weighted by Crippen LogP contribution is 2.54. The Hall–Kier alpha value is 0.260. The highest BCUT2D eigenvalue weighted by molar-refractivity contribution is 7.66. The van der Waals surface area contributed by atoms with E-state index in [0.717, 1.165) is 0 Å². The molecular formula is C6H17NO6P2. The quantitative estimate of drug-likeness (QED) is 0.624. The van der Waals surface area contributed by atoms with E-state index in [4.69, 9.17) is 18.8 Å². The monoisotopic (exact) mass is 261 g/mol. The lowest BCUT2D eigenvalue weighted by Crippen LogP contribution is -2.17. The van der Waals surface area contributed by atoms with Gasteiger partial charge in [0.15, 0.2) is 0 Å². The molecule has 0 fully saturated rings. The second-order valence-electron chi connectivity index (χ2n) is 3.45. The molecule has 0 aromatic rings. The van der Waals surface area contributed by atoms with Crippen LogP contribution in [0.1, 0.15) is 27.7 Å². The molecule has 0 aliphatic rings. The molecule has 9 heteroatoms. The van der Waals surface area contributed by atoms with Gasteiger partial charge in [0.2, 0.25) is 0 Å². The average molecular weight is 261 g/mol. The third-order valence-corrected chi connectivity index (χ3v) is 4.37. The fourth-order valence-corrected chi connectivity index (χ4v) is 3.60. The van der Waals surface area contributed by atoms with Gasteiger partial charge in [-0.25, -0.2) is 9.13 Å². The Morgan fingerprint density at radius 1 is 1.00 bits per heavy atom. The third kappa shape index (κ3) is 8.11. The van der Waals surface area contributed by atoms with Gasteiger partial charge in [0.1, 0.15) is 0 Å². The van der Waals surface area contributed by atoms with Crippen LogP contribution in [0.2, 0.25) is 0 Å². The molecule has 0 aliphatic carbocycles. The van der Waals surface area contributed by atoms with Crippen LogP contribution in [-0.4, -0.2) is 22.0 Å². The van der Waals surface area contributed by atoms with Crippen LogP contribution < -0.4 is 4.86 Å². The largest absolute Gasteiger partial charge is 0.415 e. The summed E-state index contributed by atoms with van der Waals surface area (Å²) in [6.07, 6.45) is -0.956. The van der Waals surface area contributed by atoms with Gasteiger partial charge in [-0.1, -0.05) is 0 Å². The summed E-state index contributed by atoms with van der Waals surface area (Å²) in [7, 11) is -8.63. The van der Waals surface area contributed by atoms with Crippen molar-refractivity contribution in [3.8, 4) is 0 Å². The molecule has 3 N–H and O–H groups in total. The average Bonchev–Trinajstić information content (AvgIpc) is 1.73. The predicted molar refractivity (Wildman–Crippen MR) is 55.2 cm³/mol. The van der Waals surface area contributed by atoms with Crippen LogP contribution in [0.25, 0.3) is 0 Å². The third-order valence-electron chi connectivity index (χ3n) is 0.952. The van der Waals surface area contributed by atoms with Gasteiger partial charge in [-0.15, -0.1) is 4.86 Å². The van der Waals surface area contributed by atoms with Crippen LogP contribution in [0.15, 0.2) is 0 Å². The van der Waals surface area contributed by atoms with Gasteiger partial charge >= 0.3 is 15.5 Å². The summed E-state index contributed by atoms with van der Waals surface area (Å²) in [5.41, 5.74) is 0. The van der Waals surface area contributed by atoms with Crippen molar-refractivity contribution in [2.45, 2.75) is 39.9 Å². The second-order valence-corrected chi connectivity index (χ2v) is 6.75. The molecule has 0 unspecified atom stereocenters. The van der Waals surface area contributed by atoms with Crippen LogP contribution in [-0.2, 0) is 18.2 Å². The van der Waals surface area contributed by atoms with E-state index in [1.54, 1.807) is 32.6 Å². The first-order valence-corrected chi connectivity index (χ1v) is 7.51. The number of hydrogen-bond acceptors (Lipinski definition) is 4. The van der Waals surface area contributed by atoms with Gasteiger partial charge < -0.3 is 9.79 Å². The summed E-state index contributed by atoms with van der Waals surface area (Å²) in [5, 5.41) is 0. The Balaban J connectivity index is 4.71. The SMILES string of the molecule is CC(C)OP(=O)(NP(=O)(O)O)OC(C)C. The highest BCUT2D eigenvalue weighted by atomic mass is 31.3. The summed E-state index contributed by atoms with van der Waals surface area (Å²) < 4.78 is 32.2. The molecule has 0 aromatic carbocycles. The summed E-state index contributed by atoms with van der Waals surface area (Å²) in [6.45, 7) is 6.32. The fourth-order valence-electron chi connectivity index (χ4n) is 0.787. The van der Waals surface area contributed by atoms with Crippen molar-refractivity contribution in [1.82, 2.24) is 4.86 Å². The van der Waals surface area contributed by atoms with E-state index in [1.165, 1.54) is 0 Å². The van der Waals surface area contributed by atoms with Crippen molar-refractivity contribution >= 4 is 15.5 Å². The van der Waals surface area contributed by atoms with Gasteiger partial charge in [0.05, 0.1) is 12.2 Å². The smallest absolute Gasteiger partial charge is 0.312 e. The molecule has 0 radical (unpaired) electrons. The molecule has 7 nitrogen and oxygen atoms in total. The minimum atomic E-state index is -4.66. The molecule has 0 amide bonds. The fraction of sp³-hybridized carbons (Fsp3) is 1.00. The van der Waals surface area contributed by atoms with Gasteiger partial charge in [-0.3, -0.25) is 9.05 Å². The summed E-state index contributed by atoms with van der Waals surface area (Å²) in [6, 6.07) is 0. The molecule has 0 aliphatic heterocycles. The highest BCUT2D eigenvalue weighted by Gasteiger charge is 2.34. The Kier molecular flexibility index (Phi) is 5.64. The second kappa shape index (κ2) is 5.55. The zero-order chi connectivity index (χ0) is 12.3. The van der Waals surface area contributed by atoms with Crippen molar-refractivity contribution < 1.29 is 28.0 Å². The summed E-state index contributed by atoms with van der Waals surface area (Å²) >= 11 is 0. The Bertz CT molecular complexity index is 271. The number of hydrogen-bond donors (Lipinski definition) is 3. The molecule has 92 valence electrons. The Morgan fingerprint density at radius 3 is 1.53 bits per heavy atom. The maximum atomic E-state index is 11.8. The lowest BCUT2D eigenvalue weighted by Gasteiger charge is -2.23. The maximum Gasteiger partial charge on any atom is 0.415 e. The lowest BCUT2D eigenvalue weighted by molar-refractivity contribution is 0.138. The van der Waals surface area contributed by atoms with E-state index in [9.17, 15) is 9.13 Å². The molecule has 0 saturated carbocycles. The number of rotatable bonds is 6. The van der Waals surface area contributed by atoms with E-state index in [-0.39, 0.29) is 0 Å². The standard InChI is InChI=1S/C6H17NO6P2/c1-5(2)12-15(11,13-6(3)4)7-14(8,9)10/h5-6H,1-4H3,(H3,7,8,9,10,11). The van der Waals surface area contributed by atoms with E-state index >= 15 is 0 Å². The predicted octanol–water partition coefficient (Wildman–Crippen LogP) is 1.63. The molecule has 0 spiro atoms. The zero-order valence-corrected chi connectivity index (χ0v) is 10.9. The van der Waals surface area contributed by atoms with Crippen molar-refractivity contribution in [2.24, 2.45) is 0 Å². The molecule has 0 aromatic heterocycles. The minimum Gasteiger partial charge on any atom is -0.312 e. The Labute approximate surface area is 89.0 Å². The zero-order valence-electron chi connectivity index (χ0n) is 9.08. The van der Waals surface area contributed by atoms with Gasteiger partial charge in [0, 0.05) is 0 Å². The number of nitrogens with one attached hydrogen (secondary N) is 1. The van der Waals surface area contributed by atoms with Crippen molar-refractivity contribution in [3.63, 3.8) is 0 Å². The first-order valence-electron chi connectivity index (χ1n) is 4.36. The van der Waals surface area contributed by atoms with Crippen molar-refractivity contribution in [3.05, 3.63) is 0 Å². The Morgan fingerprint density at radius 2 is 1.33 bits per heavy atom. The lowest BCUT2D eigenvalue weighted by atomic mass is 10.5. The first-order chi connectivity index (χ1) is 6.54. The van der Waals surface area contributed by atoms with Crippen LogP contribution in [0.4, 0.5) is 0 Å². The normalized spacial score (nSPS) is 13.9. The maximum absolute atomic E-state index is 11.8. The molecule has 15 heavy (non-hydrogen) atoms. The topological polar surface area (TPSA) is 105 Å². The van der Waals surface area contributed by atoms with Gasteiger partial charge in [0.25, 0.3) is 0 Å². The van der Waals surface area contributed by atoms with Crippen LogP contribution in [0.5, 0.6) is 0 Å². The first kappa shape index (κ1) is 15.3. The van der Waals surface area contributed by atoms with E-state index < -0.39 is 27.7 Å². The molecule has 0 rings (SSSR count). The minimum absolute atomic E-state index is 0.478. The molecule has 0 saturated heterocycles. The molecule has 0 heterocycles. The van der Waals surface area contributed by atoms with E-state index in [1.807, 2.05) is 0 Å². The van der Waals surface area contributed by atoms with E-state index in [0.29, 0.717) is 0 Å². The van der Waals surface area contributed by atoms with Crippen LogP contribution in [0, 0.1) is 0 Å². The molecule has 0 atom stereocenters. The van der Waals surface area contributed by atoms with Gasteiger partial charge in [-0.2, -0.15) is 0 Å². The summed E-state index contributed by atoms with van der Waals surface area (Å²) in [4.78, 5) is 18.9. The molecular weight excluding hydrogens is 244 g/mol.